The van der Waals surface area contributed by atoms with Crippen molar-refractivity contribution in [2.24, 2.45) is 34.5 Å². The van der Waals surface area contributed by atoms with Gasteiger partial charge in [0.2, 0.25) is 5.91 Å². The highest BCUT2D eigenvalue weighted by Crippen LogP contribution is 2.66. The van der Waals surface area contributed by atoms with E-state index in [1.165, 1.54) is 32.1 Å². The van der Waals surface area contributed by atoms with Gasteiger partial charge in [-0.15, -0.1) is 11.3 Å². The number of rotatable bonds is 2. The van der Waals surface area contributed by atoms with E-state index in [9.17, 15) is 4.79 Å². The van der Waals surface area contributed by atoms with Crippen molar-refractivity contribution in [1.82, 2.24) is 5.32 Å². The van der Waals surface area contributed by atoms with Gasteiger partial charge in [0, 0.05) is 16.3 Å². The van der Waals surface area contributed by atoms with E-state index in [0.29, 0.717) is 17.4 Å². The minimum Gasteiger partial charge on any atom is -0.349 e. The number of carbonyl (C=O) groups is 1. The van der Waals surface area contributed by atoms with E-state index >= 15 is 0 Å². The van der Waals surface area contributed by atoms with Crippen LogP contribution >= 0.6 is 11.3 Å². The lowest BCUT2D eigenvalue weighted by atomic mass is 9.47. The van der Waals surface area contributed by atoms with Crippen molar-refractivity contribution in [1.29, 1.82) is 0 Å². The molecule has 27 heavy (non-hydrogen) atoms. The fourth-order valence-corrected chi connectivity index (χ4v) is 8.79. The van der Waals surface area contributed by atoms with E-state index < -0.39 is 0 Å². The first-order chi connectivity index (χ1) is 12.9. The highest BCUT2D eigenvalue weighted by atomic mass is 32.1. The second kappa shape index (κ2) is 6.20. The zero-order valence-electron chi connectivity index (χ0n) is 16.9. The first-order valence-electron chi connectivity index (χ1n) is 11.0. The molecule has 1 N–H and O–H groups in total. The summed E-state index contributed by atoms with van der Waals surface area (Å²) in [6.07, 6.45) is 12.1. The SMILES string of the molecule is CC(c1cccs1)[C@H]1CC[C@H]2[C@@H]3CCC4NC(=O)C=C[C@]4(C)[C@H]3CC[C@]12C. The normalized spacial score (nSPS) is 46.9. The summed E-state index contributed by atoms with van der Waals surface area (Å²) in [4.78, 5) is 13.5. The van der Waals surface area contributed by atoms with Crippen molar-refractivity contribution in [2.45, 2.75) is 71.3 Å². The average Bonchev–Trinajstić information content (AvgIpc) is 3.29. The van der Waals surface area contributed by atoms with Crippen LogP contribution in [0.5, 0.6) is 0 Å². The summed E-state index contributed by atoms with van der Waals surface area (Å²) in [5, 5.41) is 5.52. The molecular weight excluding hydrogens is 350 g/mol. The van der Waals surface area contributed by atoms with Gasteiger partial charge in [-0.25, -0.2) is 0 Å². The molecule has 0 saturated heterocycles. The Kier molecular flexibility index (Phi) is 4.13. The molecule has 2 heterocycles. The Labute approximate surface area is 167 Å². The molecule has 1 amide bonds. The van der Waals surface area contributed by atoms with Crippen molar-refractivity contribution >= 4 is 17.2 Å². The molecule has 1 aliphatic heterocycles. The second-order valence-electron chi connectivity index (χ2n) is 10.2. The molecule has 146 valence electrons. The molecule has 4 aliphatic rings. The molecule has 8 atom stereocenters. The minimum atomic E-state index is 0.113. The van der Waals surface area contributed by atoms with Crippen molar-refractivity contribution in [3.05, 3.63) is 34.5 Å². The highest BCUT2D eigenvalue weighted by molar-refractivity contribution is 7.10. The van der Waals surface area contributed by atoms with Crippen LogP contribution in [0.15, 0.2) is 29.7 Å². The molecule has 3 aliphatic carbocycles. The maximum atomic E-state index is 11.9. The predicted molar refractivity (Wildman–Crippen MR) is 112 cm³/mol. The maximum Gasteiger partial charge on any atom is 0.243 e. The Balaban J connectivity index is 1.43. The van der Waals surface area contributed by atoms with Gasteiger partial charge >= 0.3 is 0 Å². The second-order valence-corrected chi connectivity index (χ2v) is 11.2. The summed E-state index contributed by atoms with van der Waals surface area (Å²) in [7, 11) is 0. The van der Waals surface area contributed by atoms with Gasteiger partial charge in [-0.1, -0.05) is 32.9 Å². The maximum absolute atomic E-state index is 11.9. The predicted octanol–water partition coefficient (Wildman–Crippen LogP) is 5.77. The summed E-state index contributed by atoms with van der Waals surface area (Å²) in [5.74, 6) is 4.08. The fourth-order valence-electron chi connectivity index (χ4n) is 7.94. The van der Waals surface area contributed by atoms with Crippen LogP contribution < -0.4 is 5.32 Å². The summed E-state index contributed by atoms with van der Waals surface area (Å²) in [6.45, 7) is 7.53. The Hall–Kier alpha value is -1.09. The Morgan fingerprint density at radius 2 is 2.00 bits per heavy atom. The largest absolute Gasteiger partial charge is 0.349 e. The summed E-state index contributed by atoms with van der Waals surface area (Å²) < 4.78 is 0. The topological polar surface area (TPSA) is 29.1 Å². The molecule has 3 fully saturated rings. The highest BCUT2D eigenvalue weighted by Gasteiger charge is 2.60. The molecule has 3 heteroatoms. The monoisotopic (exact) mass is 383 g/mol. The third kappa shape index (κ3) is 2.53. The van der Waals surface area contributed by atoms with Crippen LogP contribution in [-0.2, 0) is 4.79 Å². The van der Waals surface area contributed by atoms with Crippen LogP contribution in [-0.4, -0.2) is 11.9 Å². The lowest BCUT2D eigenvalue weighted by Crippen LogP contribution is -2.59. The number of nitrogens with one attached hydrogen (secondary N) is 1. The molecule has 1 aromatic rings. The Morgan fingerprint density at radius 1 is 1.15 bits per heavy atom. The molecule has 0 bridgehead atoms. The lowest BCUT2D eigenvalue weighted by molar-refractivity contribution is -0.122. The molecule has 1 aromatic heterocycles. The summed E-state index contributed by atoms with van der Waals surface area (Å²) in [5.41, 5.74) is 0.658. The van der Waals surface area contributed by atoms with Gasteiger partial charge in [0.1, 0.15) is 0 Å². The molecule has 2 unspecified atom stereocenters. The van der Waals surface area contributed by atoms with Gasteiger partial charge in [0.25, 0.3) is 0 Å². The van der Waals surface area contributed by atoms with Crippen LogP contribution in [0.2, 0.25) is 0 Å². The summed E-state index contributed by atoms with van der Waals surface area (Å²) in [6, 6.07) is 4.91. The van der Waals surface area contributed by atoms with Crippen LogP contribution in [0.1, 0.15) is 70.1 Å². The van der Waals surface area contributed by atoms with Gasteiger partial charge in [0.05, 0.1) is 0 Å². The molecule has 0 aromatic carbocycles. The zero-order valence-corrected chi connectivity index (χ0v) is 17.7. The van der Waals surface area contributed by atoms with E-state index in [0.717, 1.165) is 30.1 Å². The lowest BCUT2D eigenvalue weighted by Gasteiger charge is -2.59. The van der Waals surface area contributed by atoms with Crippen molar-refractivity contribution in [2.75, 3.05) is 0 Å². The average molecular weight is 384 g/mol. The van der Waals surface area contributed by atoms with Crippen molar-refractivity contribution < 1.29 is 4.79 Å². The molecule has 2 nitrogen and oxygen atoms in total. The minimum absolute atomic E-state index is 0.113. The number of amides is 1. The number of carbonyl (C=O) groups excluding carboxylic acids is 1. The van der Waals surface area contributed by atoms with E-state index in [-0.39, 0.29) is 11.3 Å². The number of hydrogen-bond donors (Lipinski definition) is 1. The molecule has 0 radical (unpaired) electrons. The number of fused-ring (bicyclic) bond motifs is 5. The zero-order chi connectivity index (χ0) is 18.8. The Bertz CT molecular complexity index is 754. The fraction of sp³-hybridized carbons (Fsp3) is 0.708. The van der Waals surface area contributed by atoms with Crippen molar-refractivity contribution in [3.63, 3.8) is 0 Å². The van der Waals surface area contributed by atoms with Gasteiger partial charge in [-0.3, -0.25) is 4.79 Å². The van der Waals surface area contributed by atoms with Crippen LogP contribution in [0.3, 0.4) is 0 Å². The molecule has 0 spiro atoms. The first kappa shape index (κ1) is 18.0. The van der Waals surface area contributed by atoms with E-state index in [1.54, 1.807) is 4.88 Å². The smallest absolute Gasteiger partial charge is 0.243 e. The number of hydrogen-bond acceptors (Lipinski definition) is 2. The molecule has 5 rings (SSSR count). The van der Waals surface area contributed by atoms with Crippen LogP contribution in [0.4, 0.5) is 0 Å². The first-order valence-corrected chi connectivity index (χ1v) is 11.8. The van der Waals surface area contributed by atoms with E-state index in [2.05, 4.69) is 49.7 Å². The standard InChI is InChI=1S/C24H33NOS/c1-15(20-5-4-14-27-20)17-7-8-18-16-6-9-21-24(3,13-11-22(26)25-21)19(16)10-12-23(17,18)2/h4-5,11,13-19,21H,6-10,12H2,1-3H3,(H,25,26)/t15?,16-,17+,18-,19-,21?,23+,24+/m0/s1. The molecule has 3 saturated carbocycles. The Morgan fingerprint density at radius 3 is 2.78 bits per heavy atom. The quantitative estimate of drug-likeness (QED) is 0.690. The van der Waals surface area contributed by atoms with Gasteiger partial charge in [-0.05, 0) is 91.1 Å². The van der Waals surface area contributed by atoms with Gasteiger partial charge < -0.3 is 5.32 Å². The van der Waals surface area contributed by atoms with Gasteiger partial charge in [0.15, 0.2) is 0 Å². The van der Waals surface area contributed by atoms with Gasteiger partial charge in [-0.2, -0.15) is 0 Å². The summed E-state index contributed by atoms with van der Waals surface area (Å²) >= 11 is 1.94. The van der Waals surface area contributed by atoms with Crippen LogP contribution in [0, 0.1) is 34.5 Å². The van der Waals surface area contributed by atoms with E-state index in [4.69, 9.17) is 0 Å². The third-order valence-electron chi connectivity index (χ3n) is 9.35. The molecular formula is C24H33NOS. The van der Waals surface area contributed by atoms with Crippen LogP contribution in [0.25, 0.3) is 0 Å². The number of thiophene rings is 1. The van der Waals surface area contributed by atoms with E-state index in [1.807, 2.05) is 17.4 Å². The van der Waals surface area contributed by atoms with Crippen molar-refractivity contribution in [3.8, 4) is 0 Å². The third-order valence-corrected chi connectivity index (χ3v) is 10.4.